The molecule has 0 saturated heterocycles. The first-order valence-electron chi connectivity index (χ1n) is 6.84. The van der Waals surface area contributed by atoms with Crippen LogP contribution in [0, 0.1) is 13.8 Å². The molecule has 108 valence electrons. The third-order valence-corrected chi connectivity index (χ3v) is 3.83. The molecule has 0 bridgehead atoms. The first-order chi connectivity index (χ1) is 9.25. The van der Waals surface area contributed by atoms with Crippen LogP contribution in [0.1, 0.15) is 28.7 Å². The van der Waals surface area contributed by atoms with E-state index < -0.39 is 0 Å². The fraction of sp³-hybridized carbons (Fsp3) is 0.400. The molecule has 3 rings (SSSR count). The highest BCUT2D eigenvalue weighted by atomic mass is 35.5. The molecule has 1 aromatic rings. The van der Waals surface area contributed by atoms with Crippen LogP contribution in [0.5, 0.6) is 0 Å². The third-order valence-electron chi connectivity index (χ3n) is 3.83. The molecule has 20 heavy (non-hydrogen) atoms. The van der Waals surface area contributed by atoms with Gasteiger partial charge >= 0.3 is 0 Å². The van der Waals surface area contributed by atoms with Crippen molar-refractivity contribution in [3.63, 3.8) is 0 Å². The summed E-state index contributed by atoms with van der Waals surface area (Å²) in [6, 6.07) is 4.43. The van der Waals surface area contributed by atoms with E-state index in [2.05, 4.69) is 53.3 Å². The van der Waals surface area contributed by atoms with Crippen LogP contribution < -0.4 is 16.2 Å². The Bertz CT molecular complexity index is 563. The van der Waals surface area contributed by atoms with Crippen molar-refractivity contribution in [3.05, 3.63) is 40.6 Å². The smallest absolute Gasteiger partial charge is 0.210 e. The van der Waals surface area contributed by atoms with Crippen molar-refractivity contribution in [2.45, 2.75) is 26.7 Å². The van der Waals surface area contributed by atoms with Crippen molar-refractivity contribution in [3.8, 4) is 0 Å². The number of aliphatic imine (C=N–C) groups is 1. The van der Waals surface area contributed by atoms with Gasteiger partial charge in [0.2, 0.25) is 5.96 Å². The lowest BCUT2D eigenvalue weighted by atomic mass is 9.98. The van der Waals surface area contributed by atoms with Crippen molar-refractivity contribution in [1.82, 2.24) is 16.2 Å². The zero-order valence-corrected chi connectivity index (χ0v) is 12.7. The molecule has 0 atom stereocenters. The maximum absolute atomic E-state index is 4.28. The average molecular weight is 293 g/mol. The highest BCUT2D eigenvalue weighted by Crippen LogP contribution is 2.35. The number of halogens is 1. The number of aryl methyl sites for hydroxylation is 2. The second-order valence-electron chi connectivity index (χ2n) is 5.15. The zero-order chi connectivity index (χ0) is 13.2. The topological polar surface area (TPSA) is 48.5 Å². The molecule has 0 spiro atoms. The van der Waals surface area contributed by atoms with Crippen molar-refractivity contribution < 1.29 is 0 Å². The number of hydrazine groups is 1. The maximum atomic E-state index is 4.28. The Morgan fingerprint density at radius 3 is 2.75 bits per heavy atom. The minimum absolute atomic E-state index is 0. The van der Waals surface area contributed by atoms with E-state index in [1.165, 1.54) is 27.8 Å². The molecule has 1 heterocycles. The number of guanidine groups is 1. The quantitative estimate of drug-likeness (QED) is 0.732. The second kappa shape index (κ2) is 6.18. The van der Waals surface area contributed by atoms with Gasteiger partial charge in [-0.1, -0.05) is 12.1 Å². The molecule has 0 saturated carbocycles. The number of benzene rings is 1. The van der Waals surface area contributed by atoms with Crippen molar-refractivity contribution in [2.75, 3.05) is 13.1 Å². The summed E-state index contributed by atoms with van der Waals surface area (Å²) >= 11 is 0. The summed E-state index contributed by atoms with van der Waals surface area (Å²) in [5.74, 6) is 0.830. The van der Waals surface area contributed by atoms with Gasteiger partial charge in [-0.15, -0.1) is 12.4 Å². The number of nitrogens with zero attached hydrogens (tertiary/aromatic N) is 1. The fourth-order valence-corrected chi connectivity index (χ4v) is 2.84. The van der Waals surface area contributed by atoms with Crippen LogP contribution in [0.4, 0.5) is 0 Å². The number of nitrogens with one attached hydrogen (secondary N) is 3. The lowest BCUT2D eigenvalue weighted by Crippen LogP contribution is -2.40. The number of hydrogen-bond donors (Lipinski definition) is 3. The molecule has 4 nitrogen and oxygen atoms in total. The van der Waals surface area contributed by atoms with E-state index in [1.54, 1.807) is 0 Å². The maximum Gasteiger partial charge on any atom is 0.210 e. The van der Waals surface area contributed by atoms with Gasteiger partial charge in [0.15, 0.2) is 0 Å². The largest absolute Gasteiger partial charge is 0.353 e. The van der Waals surface area contributed by atoms with Crippen LogP contribution in [-0.4, -0.2) is 19.0 Å². The van der Waals surface area contributed by atoms with Crippen LogP contribution in [0.2, 0.25) is 0 Å². The third kappa shape index (κ3) is 2.75. The number of fused-ring (bicyclic) bond motifs is 1. The Labute approximate surface area is 126 Å². The fourth-order valence-electron chi connectivity index (χ4n) is 2.84. The molecule has 2 aliphatic rings. The van der Waals surface area contributed by atoms with Crippen molar-refractivity contribution in [1.29, 1.82) is 0 Å². The molecular weight excluding hydrogens is 272 g/mol. The highest BCUT2D eigenvalue weighted by molar-refractivity contribution is 5.85. The molecule has 1 aliphatic carbocycles. The molecule has 5 heteroatoms. The SMILES string of the molecule is Cc1ccc(C)c2c1CCC2=CNNC1=NCCN1.Cl. The number of hydrogen-bond acceptors (Lipinski definition) is 4. The standard InChI is InChI=1S/C15H20N4.ClH/c1-10-3-4-11(2)14-12(5-6-13(10)14)9-18-19-15-16-7-8-17-15;/h3-4,9,18H,5-8H2,1-2H3,(H2,16,17,19);1H. The first kappa shape index (κ1) is 14.7. The molecular formula is C15H21ClN4. The summed E-state index contributed by atoms with van der Waals surface area (Å²) in [5.41, 5.74) is 13.3. The van der Waals surface area contributed by atoms with Crippen LogP contribution in [-0.2, 0) is 6.42 Å². The van der Waals surface area contributed by atoms with Gasteiger partial charge in [0, 0.05) is 12.7 Å². The molecule has 1 aliphatic heterocycles. The molecule has 0 radical (unpaired) electrons. The van der Waals surface area contributed by atoms with Crippen LogP contribution in [0.15, 0.2) is 23.3 Å². The minimum atomic E-state index is 0. The highest BCUT2D eigenvalue weighted by Gasteiger charge is 2.19. The lowest BCUT2D eigenvalue weighted by Gasteiger charge is -2.10. The summed E-state index contributed by atoms with van der Waals surface area (Å²) in [7, 11) is 0. The Morgan fingerprint density at radius 1 is 1.20 bits per heavy atom. The van der Waals surface area contributed by atoms with Gasteiger partial charge in [-0.2, -0.15) is 0 Å². The summed E-state index contributed by atoms with van der Waals surface area (Å²) in [6.45, 7) is 6.15. The average Bonchev–Trinajstić information content (AvgIpc) is 3.04. The van der Waals surface area contributed by atoms with E-state index >= 15 is 0 Å². The zero-order valence-electron chi connectivity index (χ0n) is 11.9. The number of allylic oxidation sites excluding steroid dienone is 1. The Kier molecular flexibility index (Phi) is 4.55. The summed E-state index contributed by atoms with van der Waals surface area (Å²) in [5, 5.41) is 3.17. The van der Waals surface area contributed by atoms with E-state index in [9.17, 15) is 0 Å². The van der Waals surface area contributed by atoms with Gasteiger partial charge < -0.3 is 10.7 Å². The molecule has 0 aromatic heterocycles. The van der Waals surface area contributed by atoms with Gasteiger partial charge in [-0.05, 0) is 54.5 Å². The van der Waals surface area contributed by atoms with Gasteiger partial charge in [-0.3, -0.25) is 10.4 Å². The normalized spacial score (nSPS) is 18.1. The molecule has 3 N–H and O–H groups in total. The summed E-state index contributed by atoms with van der Waals surface area (Å²) in [6.07, 6.45) is 4.33. The molecule has 1 aromatic carbocycles. The predicted molar refractivity (Wildman–Crippen MR) is 86.0 cm³/mol. The minimum Gasteiger partial charge on any atom is -0.353 e. The number of rotatable bonds is 2. The first-order valence-corrected chi connectivity index (χ1v) is 6.84. The van der Waals surface area contributed by atoms with Crippen molar-refractivity contribution in [2.24, 2.45) is 4.99 Å². The Morgan fingerprint density at radius 2 is 2.00 bits per heavy atom. The van der Waals surface area contributed by atoms with Crippen LogP contribution >= 0.6 is 12.4 Å². The van der Waals surface area contributed by atoms with Gasteiger partial charge in [0.05, 0.1) is 6.54 Å². The monoisotopic (exact) mass is 292 g/mol. The summed E-state index contributed by atoms with van der Waals surface area (Å²) < 4.78 is 0. The van der Waals surface area contributed by atoms with Crippen LogP contribution in [0.25, 0.3) is 5.57 Å². The lowest BCUT2D eigenvalue weighted by molar-refractivity contribution is 0.790. The van der Waals surface area contributed by atoms with Crippen molar-refractivity contribution >= 4 is 23.9 Å². The molecule has 0 amide bonds. The van der Waals surface area contributed by atoms with Gasteiger partial charge in [0.1, 0.15) is 0 Å². The Hall–Kier alpha value is -1.68. The summed E-state index contributed by atoms with van der Waals surface area (Å²) in [4.78, 5) is 4.28. The van der Waals surface area contributed by atoms with E-state index in [4.69, 9.17) is 0 Å². The molecule has 0 unspecified atom stereocenters. The van der Waals surface area contributed by atoms with E-state index in [1.807, 2.05) is 0 Å². The van der Waals surface area contributed by atoms with E-state index in [-0.39, 0.29) is 12.4 Å². The Balaban J connectivity index is 0.00000147. The second-order valence-corrected chi connectivity index (χ2v) is 5.15. The van der Waals surface area contributed by atoms with E-state index in [0.29, 0.717) is 0 Å². The van der Waals surface area contributed by atoms with Gasteiger partial charge in [0.25, 0.3) is 0 Å². The van der Waals surface area contributed by atoms with E-state index in [0.717, 1.165) is 31.9 Å². The molecule has 0 fully saturated rings. The van der Waals surface area contributed by atoms with Gasteiger partial charge in [-0.25, -0.2) is 0 Å². The predicted octanol–water partition coefficient (Wildman–Crippen LogP) is 2.07. The van der Waals surface area contributed by atoms with Crippen LogP contribution in [0.3, 0.4) is 0 Å².